The Morgan fingerprint density at radius 3 is 2.44 bits per heavy atom. The second-order valence-corrected chi connectivity index (χ2v) is 9.94. The van der Waals surface area contributed by atoms with Gasteiger partial charge >= 0.3 is 0 Å². The van der Waals surface area contributed by atoms with Crippen LogP contribution in [0.15, 0.2) is 48.9 Å². The minimum atomic E-state index is -0.337. The zero-order chi connectivity index (χ0) is 27.1. The molecule has 1 aliphatic heterocycles. The molecule has 0 radical (unpaired) electrons. The van der Waals surface area contributed by atoms with Crippen molar-refractivity contribution in [3.05, 3.63) is 82.7 Å². The first kappa shape index (κ1) is 25.1. The molecule has 0 saturated carbocycles. The monoisotopic (exact) mass is 524 g/mol. The predicted octanol–water partition coefficient (Wildman–Crippen LogP) is 6.21. The van der Waals surface area contributed by atoms with Gasteiger partial charge < -0.3 is 14.6 Å². The molecule has 200 valence electrons. The van der Waals surface area contributed by atoms with Gasteiger partial charge in [0.15, 0.2) is 0 Å². The van der Waals surface area contributed by atoms with E-state index in [2.05, 4.69) is 58.8 Å². The molecule has 4 heterocycles. The van der Waals surface area contributed by atoms with Crippen LogP contribution in [0.25, 0.3) is 27.8 Å². The van der Waals surface area contributed by atoms with Crippen molar-refractivity contribution in [2.24, 2.45) is 0 Å². The molecule has 0 spiro atoms. The molecule has 3 aromatic heterocycles. The Morgan fingerprint density at radius 2 is 1.77 bits per heavy atom. The van der Waals surface area contributed by atoms with E-state index in [-0.39, 0.29) is 5.82 Å². The Morgan fingerprint density at radius 1 is 1.03 bits per heavy atom. The second kappa shape index (κ2) is 10.2. The lowest BCUT2D eigenvalue weighted by Crippen LogP contribution is -2.31. The van der Waals surface area contributed by atoms with E-state index in [0.717, 1.165) is 71.3 Å². The number of anilines is 1. The minimum Gasteiger partial charge on any atom is -0.494 e. The third kappa shape index (κ3) is 4.15. The summed E-state index contributed by atoms with van der Waals surface area (Å²) in [5.74, 6) is 0.822. The third-order valence-electron chi connectivity index (χ3n) is 7.81. The predicted molar refractivity (Wildman–Crippen MR) is 152 cm³/mol. The van der Waals surface area contributed by atoms with E-state index in [9.17, 15) is 0 Å². The van der Waals surface area contributed by atoms with Crippen molar-refractivity contribution in [1.82, 2.24) is 24.7 Å². The van der Waals surface area contributed by atoms with Crippen LogP contribution in [0.2, 0.25) is 0 Å². The highest BCUT2D eigenvalue weighted by atomic mass is 19.1. The molecule has 0 saturated heterocycles. The number of benzene rings is 2. The lowest BCUT2D eigenvalue weighted by Gasteiger charge is -2.27. The van der Waals surface area contributed by atoms with Crippen molar-refractivity contribution >= 4 is 16.9 Å². The van der Waals surface area contributed by atoms with Crippen LogP contribution in [0.5, 0.6) is 5.75 Å². The van der Waals surface area contributed by atoms with Crippen molar-refractivity contribution in [2.75, 3.05) is 18.6 Å². The Labute approximate surface area is 227 Å². The number of H-pyrrole nitrogens is 1. The normalized spacial score (nSPS) is 13.2. The van der Waals surface area contributed by atoms with Crippen LogP contribution in [0.1, 0.15) is 48.7 Å². The summed E-state index contributed by atoms with van der Waals surface area (Å²) < 4.78 is 23.7. The summed E-state index contributed by atoms with van der Waals surface area (Å²) in [6.45, 7) is 7.69. The van der Waals surface area contributed by atoms with Gasteiger partial charge in [0.25, 0.3) is 0 Å². The number of para-hydroxylation sites is 1. The molecular formula is C31H33FN6O. The van der Waals surface area contributed by atoms with E-state index in [4.69, 9.17) is 9.84 Å². The fourth-order valence-electron chi connectivity index (χ4n) is 5.72. The summed E-state index contributed by atoms with van der Waals surface area (Å²) in [6.07, 6.45) is 8.91. The molecule has 0 amide bonds. The van der Waals surface area contributed by atoms with Crippen LogP contribution >= 0.6 is 0 Å². The van der Waals surface area contributed by atoms with Gasteiger partial charge in [-0.15, -0.1) is 0 Å². The number of nitrogens with one attached hydrogen (secondary N) is 1. The maximum atomic E-state index is 16.2. The van der Waals surface area contributed by atoms with E-state index in [1.165, 1.54) is 17.2 Å². The molecule has 0 aliphatic carbocycles. The molecule has 5 aromatic rings. The minimum absolute atomic E-state index is 0.337. The van der Waals surface area contributed by atoms with Crippen molar-refractivity contribution in [3.8, 4) is 22.7 Å². The highest BCUT2D eigenvalue weighted by Crippen LogP contribution is 2.42. The van der Waals surface area contributed by atoms with E-state index in [1.54, 1.807) is 7.11 Å². The highest BCUT2D eigenvalue weighted by molar-refractivity contribution is 5.99. The number of fused-ring (bicyclic) bond motifs is 2. The fraction of sp³-hybridized carbons (Fsp3) is 0.323. The van der Waals surface area contributed by atoms with Crippen LogP contribution in [0, 0.1) is 5.82 Å². The number of ether oxygens (including phenoxy) is 1. The molecule has 1 N–H and O–H groups in total. The SMILES string of the molecule is CCc1cnc(N2CCc3nn(-c4c(CC)cccc4CC)c(-c4c(F)cc(OC)c5[nH]ccc45)c3C2)nc1. The third-order valence-corrected chi connectivity index (χ3v) is 7.81. The van der Waals surface area contributed by atoms with Gasteiger partial charge in [0.1, 0.15) is 11.6 Å². The number of aryl methyl sites for hydroxylation is 3. The average Bonchev–Trinajstić information content (AvgIpc) is 3.61. The molecule has 0 atom stereocenters. The largest absolute Gasteiger partial charge is 0.494 e. The molecule has 7 nitrogen and oxygen atoms in total. The number of hydrogen-bond donors (Lipinski definition) is 1. The Balaban J connectivity index is 1.62. The molecule has 1 aliphatic rings. The molecule has 0 unspecified atom stereocenters. The quantitative estimate of drug-likeness (QED) is 0.274. The fourth-order valence-corrected chi connectivity index (χ4v) is 5.72. The summed E-state index contributed by atoms with van der Waals surface area (Å²) in [4.78, 5) is 14.7. The smallest absolute Gasteiger partial charge is 0.225 e. The number of nitrogens with zero attached hydrogens (tertiary/aromatic N) is 5. The van der Waals surface area contributed by atoms with Gasteiger partial charge in [0, 0.05) is 60.7 Å². The van der Waals surface area contributed by atoms with Gasteiger partial charge in [-0.1, -0.05) is 39.0 Å². The number of methoxy groups -OCH3 is 1. The van der Waals surface area contributed by atoms with Gasteiger partial charge in [-0.2, -0.15) is 5.10 Å². The summed E-state index contributed by atoms with van der Waals surface area (Å²) in [7, 11) is 1.56. The van der Waals surface area contributed by atoms with Crippen LogP contribution in [-0.4, -0.2) is 38.4 Å². The van der Waals surface area contributed by atoms with Gasteiger partial charge in [0.2, 0.25) is 5.95 Å². The number of rotatable bonds is 7. The maximum absolute atomic E-state index is 16.2. The molecule has 6 rings (SSSR count). The molecule has 39 heavy (non-hydrogen) atoms. The number of aromatic nitrogens is 5. The summed E-state index contributed by atoms with van der Waals surface area (Å²) in [5, 5.41) is 5.95. The number of aromatic amines is 1. The molecule has 2 aromatic carbocycles. The molecule has 0 bridgehead atoms. The van der Waals surface area contributed by atoms with Gasteiger partial charge in [-0.25, -0.2) is 19.0 Å². The molecule has 0 fully saturated rings. The maximum Gasteiger partial charge on any atom is 0.225 e. The van der Waals surface area contributed by atoms with Gasteiger partial charge in [-0.3, -0.25) is 0 Å². The van der Waals surface area contributed by atoms with Gasteiger partial charge in [0.05, 0.1) is 29.7 Å². The second-order valence-electron chi connectivity index (χ2n) is 9.94. The highest BCUT2D eigenvalue weighted by Gasteiger charge is 2.31. The Kier molecular flexibility index (Phi) is 6.54. The summed E-state index contributed by atoms with van der Waals surface area (Å²) in [5.41, 5.74) is 8.57. The van der Waals surface area contributed by atoms with Crippen LogP contribution in [-0.2, 0) is 32.2 Å². The topological polar surface area (TPSA) is 71.9 Å². The first-order valence-electron chi connectivity index (χ1n) is 13.7. The van der Waals surface area contributed by atoms with E-state index < -0.39 is 0 Å². The summed E-state index contributed by atoms with van der Waals surface area (Å²) >= 11 is 0. The molecule has 8 heteroatoms. The van der Waals surface area contributed by atoms with Crippen molar-refractivity contribution in [1.29, 1.82) is 0 Å². The zero-order valence-corrected chi connectivity index (χ0v) is 22.9. The van der Waals surface area contributed by atoms with E-state index in [1.807, 2.05) is 29.3 Å². The van der Waals surface area contributed by atoms with Crippen molar-refractivity contribution < 1.29 is 9.13 Å². The number of halogens is 1. The first-order chi connectivity index (χ1) is 19.1. The Hall–Kier alpha value is -4.20. The average molecular weight is 525 g/mol. The van der Waals surface area contributed by atoms with Crippen LogP contribution in [0.4, 0.5) is 10.3 Å². The van der Waals surface area contributed by atoms with E-state index >= 15 is 4.39 Å². The lowest BCUT2D eigenvalue weighted by molar-refractivity contribution is 0.416. The standard InChI is InChI=1S/C31H33FN6O/c1-5-19-16-34-31(35-17-19)37-14-12-25-23(18-37)30(27-22-11-13-33-28(22)26(39-4)15-24(27)32)38(36-25)29-20(6-2)9-8-10-21(29)7-3/h8-11,13,15-17,33H,5-7,12,14,18H2,1-4H3. The van der Waals surface area contributed by atoms with Gasteiger partial charge in [-0.05, 0) is 42.0 Å². The van der Waals surface area contributed by atoms with Crippen LogP contribution < -0.4 is 9.64 Å². The van der Waals surface area contributed by atoms with E-state index in [0.29, 0.717) is 23.8 Å². The lowest BCUT2D eigenvalue weighted by atomic mass is 9.96. The number of hydrogen-bond acceptors (Lipinski definition) is 5. The Bertz CT molecular complexity index is 1630. The van der Waals surface area contributed by atoms with Crippen molar-refractivity contribution in [3.63, 3.8) is 0 Å². The van der Waals surface area contributed by atoms with Crippen LogP contribution in [0.3, 0.4) is 0 Å². The first-order valence-corrected chi connectivity index (χ1v) is 13.7. The van der Waals surface area contributed by atoms with Crippen molar-refractivity contribution in [2.45, 2.75) is 53.0 Å². The zero-order valence-electron chi connectivity index (χ0n) is 22.9. The summed E-state index contributed by atoms with van der Waals surface area (Å²) in [6, 6.07) is 9.77. The molecular weight excluding hydrogens is 491 g/mol.